The molecular formula is C36H52I4N4Sn. The molecule has 0 bridgehead atoms. The maximum absolute atomic E-state index is 3.69. The first-order chi connectivity index (χ1) is 21.6. The molecule has 9 heteroatoms. The molecular weight excluding hydrogens is 1110 g/mol. The van der Waals surface area contributed by atoms with Crippen molar-refractivity contribution in [2.75, 3.05) is 95.7 Å². The molecule has 0 radical (unpaired) electrons. The third-order valence-electron chi connectivity index (χ3n) is 7.27. The zero-order chi connectivity index (χ0) is 34.7. The first kappa shape index (κ1) is 44.8. The zero-order valence-electron chi connectivity index (χ0n) is 29.0. The molecule has 4 aromatic rings. The van der Waals surface area contributed by atoms with Gasteiger partial charge in [0.05, 0.1) is 0 Å². The Kier molecular flexibility index (Phi) is 23.9. The van der Waals surface area contributed by atoms with Crippen molar-refractivity contribution in [2.24, 2.45) is 0 Å². The first-order valence-corrected chi connectivity index (χ1v) is 28.6. The van der Waals surface area contributed by atoms with E-state index in [0.29, 0.717) is 0 Å². The van der Waals surface area contributed by atoms with E-state index in [9.17, 15) is 0 Å². The Morgan fingerprint density at radius 1 is 0.289 bits per heavy atom. The van der Waals surface area contributed by atoms with Crippen LogP contribution in [0.5, 0.6) is 0 Å². The molecule has 0 amide bonds. The van der Waals surface area contributed by atoms with Gasteiger partial charge in [0.25, 0.3) is 0 Å². The number of alkyl halides is 4. The average Bonchev–Trinajstić information content (AvgIpc) is 3.09. The number of halogens is 4. The molecule has 0 fully saturated rings. The topological polar surface area (TPSA) is 13.0 Å². The summed E-state index contributed by atoms with van der Waals surface area (Å²) in [5.41, 5.74) is 4.88. The number of rotatable bonds is 8. The van der Waals surface area contributed by atoms with Gasteiger partial charge in [0.15, 0.2) is 0 Å². The third kappa shape index (κ3) is 12.0. The van der Waals surface area contributed by atoms with Crippen molar-refractivity contribution in [3.63, 3.8) is 0 Å². The van der Waals surface area contributed by atoms with Crippen molar-refractivity contribution in [2.45, 2.75) is 0 Å². The number of benzene rings is 4. The van der Waals surface area contributed by atoms with E-state index < -0.39 is 18.4 Å². The summed E-state index contributed by atoms with van der Waals surface area (Å²) in [5.74, 6) is 0. The molecule has 0 N–H and O–H groups in total. The summed E-state index contributed by atoms with van der Waals surface area (Å²) in [6.07, 6.45) is 0. The standard InChI is InChI=1S/4C8H10N.4CH3I.Sn/c4*1-9(2)8-6-4-3-5-7-8;4*1-2;/h4*4-7H,1-2H3;4*1H3;. The van der Waals surface area contributed by atoms with E-state index in [1.807, 2.05) is 19.7 Å². The van der Waals surface area contributed by atoms with Crippen molar-refractivity contribution in [3.8, 4) is 0 Å². The Hall–Kier alpha value is -0.201. The second-order valence-electron chi connectivity index (χ2n) is 10.5. The summed E-state index contributed by atoms with van der Waals surface area (Å²) in [5, 5.41) is 0. The van der Waals surface area contributed by atoms with Crippen molar-refractivity contribution in [3.05, 3.63) is 97.1 Å². The molecule has 0 aliphatic carbocycles. The van der Waals surface area contributed by atoms with Crippen molar-refractivity contribution in [1.82, 2.24) is 0 Å². The first-order valence-electron chi connectivity index (χ1n) is 14.3. The van der Waals surface area contributed by atoms with Gasteiger partial charge in [-0.25, -0.2) is 0 Å². The molecule has 4 rings (SSSR count). The second-order valence-corrected chi connectivity index (χ2v) is 21.4. The molecule has 0 saturated carbocycles. The molecule has 0 aromatic heterocycles. The number of anilines is 4. The minimum absolute atomic E-state index is 1.22. The van der Waals surface area contributed by atoms with Crippen LogP contribution in [0, 0.1) is 0 Å². The number of nitrogens with zero attached hydrogens (tertiary/aromatic N) is 4. The van der Waals surface area contributed by atoms with Gasteiger partial charge < -0.3 is 0 Å². The molecule has 45 heavy (non-hydrogen) atoms. The van der Waals surface area contributed by atoms with Crippen molar-refractivity contribution < 1.29 is 0 Å². The van der Waals surface area contributed by atoms with Crippen LogP contribution in [0.15, 0.2) is 97.1 Å². The van der Waals surface area contributed by atoms with Gasteiger partial charge in [0.1, 0.15) is 0 Å². The second kappa shape index (κ2) is 24.0. The molecule has 0 unspecified atom stereocenters. The van der Waals surface area contributed by atoms with E-state index in [0.717, 1.165) is 0 Å². The molecule has 0 heterocycles. The minimum atomic E-state index is -3.69. The van der Waals surface area contributed by atoms with Gasteiger partial charge in [-0.3, -0.25) is 0 Å². The summed E-state index contributed by atoms with van der Waals surface area (Å²) in [6, 6.07) is 37.2. The van der Waals surface area contributed by atoms with Crippen LogP contribution in [0.3, 0.4) is 0 Å². The van der Waals surface area contributed by atoms with Crippen LogP contribution in [0.4, 0.5) is 22.7 Å². The van der Waals surface area contributed by atoms with Crippen molar-refractivity contribution >= 4 is 146 Å². The molecule has 4 aromatic carbocycles. The SMILES string of the molecule is CI.CI.CI.CI.CN(C)c1cc[c]([Sn]([c]2ccc(N(C)C)cc2)([c]2ccc(N(C)C)cc2)[c]2ccc(N(C)C)cc2)cc1. The average molecular weight is 1170 g/mol. The maximum atomic E-state index is 2.38. The van der Waals surface area contributed by atoms with Gasteiger partial charge in [-0.2, -0.15) is 0 Å². The van der Waals surface area contributed by atoms with Gasteiger partial charge in [0.2, 0.25) is 0 Å². The number of hydrogen-bond acceptors (Lipinski definition) is 4. The van der Waals surface area contributed by atoms with E-state index in [1.165, 1.54) is 37.1 Å². The molecule has 4 nitrogen and oxygen atoms in total. The summed E-state index contributed by atoms with van der Waals surface area (Å²) >= 11 is 4.91. The molecule has 0 atom stereocenters. The summed E-state index contributed by atoms with van der Waals surface area (Å²) in [4.78, 5) is 16.6. The fourth-order valence-corrected chi connectivity index (χ4v) is 18.4. The van der Waals surface area contributed by atoms with E-state index in [2.05, 4.69) is 263 Å². The van der Waals surface area contributed by atoms with Crippen LogP contribution in [0.25, 0.3) is 0 Å². The Balaban J connectivity index is 0.00000224. The molecule has 0 saturated heterocycles. The van der Waals surface area contributed by atoms with E-state index in [-0.39, 0.29) is 0 Å². The summed E-state index contributed by atoms with van der Waals surface area (Å²) < 4.78 is 5.81. The van der Waals surface area contributed by atoms with Crippen LogP contribution in [-0.2, 0) is 0 Å². The van der Waals surface area contributed by atoms with Gasteiger partial charge in [-0.1, -0.05) is 90.4 Å². The molecule has 0 aliphatic rings. The quantitative estimate of drug-likeness (QED) is 0.103. The van der Waals surface area contributed by atoms with E-state index in [1.54, 1.807) is 0 Å². The Morgan fingerprint density at radius 2 is 0.422 bits per heavy atom. The van der Waals surface area contributed by atoms with E-state index in [4.69, 9.17) is 0 Å². The molecule has 0 aliphatic heterocycles. The normalized spacial score (nSPS) is 9.78. The Labute approximate surface area is 334 Å². The van der Waals surface area contributed by atoms with E-state index >= 15 is 0 Å². The monoisotopic (exact) mass is 1170 g/mol. The zero-order valence-corrected chi connectivity index (χ0v) is 40.5. The van der Waals surface area contributed by atoms with Crippen LogP contribution in [0.2, 0.25) is 0 Å². The van der Waals surface area contributed by atoms with Crippen molar-refractivity contribution in [1.29, 1.82) is 0 Å². The fraction of sp³-hybridized carbons (Fsp3) is 0.333. The van der Waals surface area contributed by atoms with Gasteiger partial charge in [0, 0.05) is 0 Å². The summed E-state index contributed by atoms with van der Waals surface area (Å²) in [7, 11) is 16.8. The van der Waals surface area contributed by atoms with Crippen LogP contribution >= 0.6 is 90.4 Å². The summed E-state index contributed by atoms with van der Waals surface area (Å²) in [6.45, 7) is 0. The fourth-order valence-electron chi connectivity index (χ4n) is 5.04. The van der Waals surface area contributed by atoms with Gasteiger partial charge in [-0.15, -0.1) is 0 Å². The van der Waals surface area contributed by atoms with Crippen LogP contribution in [-0.4, -0.2) is 94.5 Å². The van der Waals surface area contributed by atoms with Gasteiger partial charge >= 0.3 is 228 Å². The Morgan fingerprint density at radius 3 is 0.533 bits per heavy atom. The van der Waals surface area contributed by atoms with Crippen LogP contribution in [0.1, 0.15) is 0 Å². The van der Waals surface area contributed by atoms with Crippen LogP contribution < -0.4 is 33.9 Å². The number of hydrogen-bond donors (Lipinski definition) is 0. The molecule has 0 spiro atoms. The predicted octanol–water partition coefficient (Wildman–Crippen LogP) is 7.53. The van der Waals surface area contributed by atoms with Gasteiger partial charge in [-0.05, 0) is 19.7 Å². The third-order valence-corrected chi connectivity index (χ3v) is 21.0. The predicted molar refractivity (Wildman–Crippen MR) is 247 cm³/mol. The Bertz CT molecular complexity index is 1100. The molecule has 248 valence electrons.